The molecule has 0 aromatic carbocycles. The van der Waals surface area contributed by atoms with Crippen LogP contribution in [0.3, 0.4) is 0 Å². The van der Waals surface area contributed by atoms with Crippen LogP contribution < -0.4 is 4.90 Å². The zero-order valence-electron chi connectivity index (χ0n) is 8.86. The second-order valence-corrected chi connectivity index (χ2v) is 4.92. The molecule has 5 heteroatoms. The highest BCUT2D eigenvalue weighted by atomic mass is 32.1. The summed E-state index contributed by atoms with van der Waals surface area (Å²) in [5.74, 6) is -0.156. The van der Waals surface area contributed by atoms with E-state index in [2.05, 4.69) is 16.8 Å². The quantitative estimate of drug-likeness (QED) is 0.854. The van der Waals surface area contributed by atoms with Crippen LogP contribution in [-0.4, -0.2) is 29.1 Å². The lowest BCUT2D eigenvalue weighted by Crippen LogP contribution is -2.45. The van der Waals surface area contributed by atoms with Crippen LogP contribution in [0.4, 0.5) is 5.13 Å². The van der Waals surface area contributed by atoms with Crippen molar-refractivity contribution in [2.45, 2.75) is 20.3 Å². The third-order valence-corrected chi connectivity index (χ3v) is 3.70. The lowest BCUT2D eigenvalue weighted by Gasteiger charge is -2.36. The third kappa shape index (κ3) is 1.84. The molecule has 0 spiro atoms. The Balaban J connectivity index is 2.23. The zero-order chi connectivity index (χ0) is 11.0. The minimum absolute atomic E-state index is 0.395. The van der Waals surface area contributed by atoms with Crippen LogP contribution in [0, 0.1) is 5.92 Å². The van der Waals surface area contributed by atoms with E-state index in [1.54, 1.807) is 0 Å². The predicted octanol–water partition coefficient (Wildman–Crippen LogP) is 1.86. The molecular formula is C10H14N2O2S. The molecule has 82 valence electrons. The Morgan fingerprint density at radius 2 is 2.33 bits per heavy atom. The Labute approximate surface area is 92.6 Å². The molecule has 0 amide bonds. The van der Waals surface area contributed by atoms with Crippen LogP contribution in [0.25, 0.3) is 0 Å². The number of thiazole rings is 1. The van der Waals surface area contributed by atoms with Gasteiger partial charge < -0.3 is 10.0 Å². The smallest absolute Gasteiger partial charge is 0.347 e. The van der Waals surface area contributed by atoms with Gasteiger partial charge in [-0.3, -0.25) is 0 Å². The maximum atomic E-state index is 10.9. The summed E-state index contributed by atoms with van der Waals surface area (Å²) >= 11 is 1.29. The highest BCUT2D eigenvalue weighted by Gasteiger charge is 2.27. The molecule has 2 heterocycles. The van der Waals surface area contributed by atoms with Gasteiger partial charge in [-0.2, -0.15) is 0 Å². The Morgan fingerprint density at radius 3 is 2.73 bits per heavy atom. The summed E-state index contributed by atoms with van der Waals surface area (Å²) in [5.41, 5.74) is 0.710. The van der Waals surface area contributed by atoms with Crippen molar-refractivity contribution in [1.29, 1.82) is 0 Å². The molecule has 2 rings (SSSR count). The van der Waals surface area contributed by atoms with Crippen LogP contribution in [0.15, 0.2) is 0 Å². The summed E-state index contributed by atoms with van der Waals surface area (Å²) in [4.78, 5) is 17.8. The average Bonchev–Trinajstić information content (AvgIpc) is 2.56. The molecule has 15 heavy (non-hydrogen) atoms. The molecule has 1 aliphatic heterocycles. The normalized spacial score (nSPS) is 16.5. The predicted molar refractivity (Wildman–Crippen MR) is 59.8 cm³/mol. The number of hydrogen-bond donors (Lipinski definition) is 1. The largest absolute Gasteiger partial charge is 0.477 e. The number of nitrogens with zero attached hydrogens (tertiary/aromatic N) is 2. The minimum atomic E-state index is -0.857. The van der Waals surface area contributed by atoms with Gasteiger partial charge in [-0.15, -0.1) is 0 Å². The van der Waals surface area contributed by atoms with E-state index in [0.29, 0.717) is 22.9 Å². The SMILES string of the molecule is CCc1nc(N2CC(C)C2)sc1C(=O)O. The van der Waals surface area contributed by atoms with Crippen LogP contribution in [-0.2, 0) is 6.42 Å². The molecule has 1 aromatic heterocycles. The van der Waals surface area contributed by atoms with E-state index in [1.807, 2.05) is 6.92 Å². The molecule has 0 radical (unpaired) electrons. The monoisotopic (exact) mass is 226 g/mol. The molecule has 0 atom stereocenters. The first-order valence-corrected chi connectivity index (χ1v) is 5.91. The van der Waals surface area contributed by atoms with Crippen LogP contribution in [0.5, 0.6) is 0 Å². The second-order valence-electron chi connectivity index (χ2n) is 3.94. The Bertz CT molecular complexity index is 383. The van der Waals surface area contributed by atoms with Gasteiger partial charge in [0.2, 0.25) is 0 Å². The van der Waals surface area contributed by atoms with Crippen molar-refractivity contribution in [2.75, 3.05) is 18.0 Å². The van der Waals surface area contributed by atoms with Crippen molar-refractivity contribution >= 4 is 22.4 Å². The molecule has 0 unspecified atom stereocenters. The second kappa shape index (κ2) is 3.81. The van der Waals surface area contributed by atoms with E-state index in [4.69, 9.17) is 5.11 Å². The first kappa shape index (κ1) is 10.4. The van der Waals surface area contributed by atoms with Gasteiger partial charge in [0.1, 0.15) is 4.88 Å². The van der Waals surface area contributed by atoms with Gasteiger partial charge in [-0.25, -0.2) is 9.78 Å². The third-order valence-electron chi connectivity index (χ3n) is 2.55. The standard InChI is InChI=1S/C10H14N2O2S/c1-3-7-8(9(13)14)15-10(11-7)12-4-6(2)5-12/h6H,3-5H2,1-2H3,(H,13,14). The van der Waals surface area contributed by atoms with Crippen molar-refractivity contribution in [2.24, 2.45) is 5.92 Å². The molecule has 0 aliphatic carbocycles. The fraction of sp³-hybridized carbons (Fsp3) is 0.600. The van der Waals surface area contributed by atoms with E-state index in [0.717, 1.165) is 18.2 Å². The minimum Gasteiger partial charge on any atom is -0.477 e. The molecule has 0 bridgehead atoms. The highest BCUT2D eigenvalue weighted by Crippen LogP contribution is 2.31. The molecule has 4 nitrogen and oxygen atoms in total. The van der Waals surface area contributed by atoms with E-state index in [1.165, 1.54) is 11.3 Å². The molecule has 1 saturated heterocycles. The zero-order valence-corrected chi connectivity index (χ0v) is 9.67. The maximum Gasteiger partial charge on any atom is 0.347 e. The summed E-state index contributed by atoms with van der Waals surface area (Å²) in [6, 6.07) is 0. The first-order chi connectivity index (χ1) is 7.11. The fourth-order valence-electron chi connectivity index (χ4n) is 1.74. The highest BCUT2D eigenvalue weighted by molar-refractivity contribution is 7.17. The number of aromatic carboxylic acids is 1. The number of aryl methyl sites for hydroxylation is 1. The fourth-order valence-corrected chi connectivity index (χ4v) is 2.75. The number of carboxylic acids is 1. The molecule has 1 aromatic rings. The summed E-state index contributed by atoms with van der Waals surface area (Å²) in [6.45, 7) is 6.11. The van der Waals surface area contributed by atoms with Crippen molar-refractivity contribution in [3.8, 4) is 0 Å². The molecule has 1 fully saturated rings. The van der Waals surface area contributed by atoms with Crippen LogP contribution in [0.2, 0.25) is 0 Å². The number of anilines is 1. The molecular weight excluding hydrogens is 212 g/mol. The van der Waals surface area contributed by atoms with Gasteiger partial charge in [-0.05, 0) is 12.3 Å². The maximum absolute atomic E-state index is 10.9. The van der Waals surface area contributed by atoms with Gasteiger partial charge in [-0.1, -0.05) is 25.2 Å². The number of aromatic nitrogens is 1. The van der Waals surface area contributed by atoms with E-state index >= 15 is 0 Å². The lowest BCUT2D eigenvalue weighted by molar-refractivity contribution is 0.0701. The van der Waals surface area contributed by atoms with Crippen molar-refractivity contribution < 1.29 is 9.90 Å². The van der Waals surface area contributed by atoms with Crippen molar-refractivity contribution in [3.05, 3.63) is 10.6 Å². The van der Waals surface area contributed by atoms with Crippen LogP contribution >= 0.6 is 11.3 Å². The summed E-state index contributed by atoms with van der Waals surface area (Å²) < 4.78 is 0. The molecule has 1 N–H and O–H groups in total. The first-order valence-electron chi connectivity index (χ1n) is 5.09. The van der Waals surface area contributed by atoms with E-state index in [-0.39, 0.29) is 0 Å². The van der Waals surface area contributed by atoms with Gasteiger partial charge >= 0.3 is 5.97 Å². The number of carbonyl (C=O) groups is 1. The topological polar surface area (TPSA) is 53.4 Å². The number of rotatable bonds is 3. The summed E-state index contributed by atoms with van der Waals surface area (Å²) in [5, 5.41) is 9.85. The molecule has 1 aliphatic rings. The van der Waals surface area contributed by atoms with Gasteiger partial charge in [0.05, 0.1) is 5.69 Å². The summed E-state index contributed by atoms with van der Waals surface area (Å²) in [7, 11) is 0. The average molecular weight is 226 g/mol. The number of carboxylic acid groups (broad SMARTS) is 1. The van der Waals surface area contributed by atoms with Crippen molar-refractivity contribution in [1.82, 2.24) is 4.98 Å². The van der Waals surface area contributed by atoms with Gasteiger partial charge in [0.15, 0.2) is 5.13 Å². The Kier molecular flexibility index (Phi) is 2.65. The van der Waals surface area contributed by atoms with Crippen LogP contribution in [0.1, 0.15) is 29.2 Å². The van der Waals surface area contributed by atoms with Gasteiger partial charge in [0, 0.05) is 13.1 Å². The Hall–Kier alpha value is -1.10. The van der Waals surface area contributed by atoms with Crippen molar-refractivity contribution in [3.63, 3.8) is 0 Å². The Morgan fingerprint density at radius 1 is 1.67 bits per heavy atom. The van der Waals surface area contributed by atoms with E-state index in [9.17, 15) is 4.79 Å². The number of hydrogen-bond acceptors (Lipinski definition) is 4. The molecule has 0 saturated carbocycles. The summed E-state index contributed by atoms with van der Waals surface area (Å²) in [6.07, 6.45) is 0.682. The van der Waals surface area contributed by atoms with Gasteiger partial charge in [0.25, 0.3) is 0 Å². The van der Waals surface area contributed by atoms with E-state index < -0.39 is 5.97 Å². The lowest BCUT2D eigenvalue weighted by atomic mass is 10.0.